The number of ether oxygens (including phenoxy) is 1. The van der Waals surface area contributed by atoms with Crippen LogP contribution >= 0.6 is 23.1 Å². The van der Waals surface area contributed by atoms with Crippen LogP contribution in [0.25, 0.3) is 5.76 Å². The number of rotatable bonds is 10. The lowest BCUT2D eigenvalue weighted by molar-refractivity contribution is -0.132. The van der Waals surface area contributed by atoms with Crippen molar-refractivity contribution in [1.82, 2.24) is 10.2 Å². The van der Waals surface area contributed by atoms with Gasteiger partial charge >= 0.3 is 5.91 Å². The van der Waals surface area contributed by atoms with Crippen molar-refractivity contribution in [1.29, 1.82) is 0 Å². The van der Waals surface area contributed by atoms with Crippen molar-refractivity contribution in [3.63, 3.8) is 0 Å². The molecule has 11 heteroatoms. The van der Waals surface area contributed by atoms with Crippen molar-refractivity contribution in [3.05, 3.63) is 107 Å². The molecule has 210 valence electrons. The Kier molecular flexibility index (Phi) is 8.75. The van der Waals surface area contributed by atoms with Gasteiger partial charge in [-0.3, -0.25) is 14.5 Å². The van der Waals surface area contributed by atoms with E-state index < -0.39 is 29.3 Å². The van der Waals surface area contributed by atoms with Gasteiger partial charge in [-0.05, 0) is 60.0 Å². The molecule has 1 aliphatic rings. The van der Waals surface area contributed by atoms with Crippen molar-refractivity contribution in [2.75, 3.05) is 11.5 Å². The number of amides is 1. The zero-order valence-corrected chi connectivity index (χ0v) is 23.6. The van der Waals surface area contributed by atoms with Crippen LogP contribution in [0.1, 0.15) is 42.5 Å². The average molecular weight is 594 g/mol. The Morgan fingerprint density at radius 3 is 2.59 bits per heavy atom. The molecule has 2 heterocycles. The van der Waals surface area contributed by atoms with Gasteiger partial charge in [-0.1, -0.05) is 66.8 Å². The Morgan fingerprint density at radius 2 is 1.83 bits per heavy atom. The Labute approximate surface area is 243 Å². The van der Waals surface area contributed by atoms with Gasteiger partial charge < -0.3 is 9.84 Å². The third kappa shape index (κ3) is 6.15. The van der Waals surface area contributed by atoms with E-state index in [4.69, 9.17) is 4.74 Å². The summed E-state index contributed by atoms with van der Waals surface area (Å²) in [5, 5.41) is 19.7. The minimum Gasteiger partial charge on any atom is -0.507 e. The van der Waals surface area contributed by atoms with Crippen LogP contribution in [0.3, 0.4) is 0 Å². The lowest BCUT2D eigenvalue weighted by Crippen LogP contribution is -2.29. The maximum Gasteiger partial charge on any atom is 0.301 e. The SMILES string of the molecule is CCCCOc1cccc(C2/C(=C(\O)c3ccc(F)cc3)C(=O)C(=O)N2c2nnc(SCc3ccccc3F)s2)c1. The van der Waals surface area contributed by atoms with E-state index in [0.29, 0.717) is 33.6 Å². The summed E-state index contributed by atoms with van der Waals surface area (Å²) >= 11 is 2.33. The summed E-state index contributed by atoms with van der Waals surface area (Å²) in [6.07, 6.45) is 1.80. The second-order valence-electron chi connectivity index (χ2n) is 9.18. The molecule has 1 aliphatic heterocycles. The molecule has 0 radical (unpaired) electrons. The highest BCUT2D eigenvalue weighted by Gasteiger charge is 2.48. The molecule has 3 aromatic carbocycles. The first-order valence-corrected chi connectivity index (χ1v) is 14.7. The van der Waals surface area contributed by atoms with Crippen LogP contribution in [0, 0.1) is 11.6 Å². The molecule has 1 fully saturated rings. The largest absolute Gasteiger partial charge is 0.507 e. The van der Waals surface area contributed by atoms with Crippen molar-refractivity contribution in [3.8, 4) is 5.75 Å². The Balaban J connectivity index is 1.54. The zero-order valence-electron chi connectivity index (χ0n) is 21.9. The molecule has 4 aromatic rings. The minimum atomic E-state index is -1.05. The fourth-order valence-electron chi connectivity index (χ4n) is 4.33. The average Bonchev–Trinajstić information content (AvgIpc) is 3.55. The van der Waals surface area contributed by atoms with Crippen LogP contribution in [0.15, 0.2) is 82.7 Å². The van der Waals surface area contributed by atoms with Crippen molar-refractivity contribution in [2.24, 2.45) is 0 Å². The second-order valence-corrected chi connectivity index (χ2v) is 11.4. The van der Waals surface area contributed by atoms with Gasteiger partial charge in [-0.15, -0.1) is 10.2 Å². The van der Waals surface area contributed by atoms with E-state index in [-0.39, 0.29) is 22.1 Å². The smallest absolute Gasteiger partial charge is 0.301 e. The van der Waals surface area contributed by atoms with Crippen LogP contribution in [-0.2, 0) is 15.3 Å². The molecule has 5 rings (SSSR count). The molecule has 1 amide bonds. The van der Waals surface area contributed by atoms with Crippen molar-refractivity contribution < 1.29 is 28.2 Å². The molecule has 7 nitrogen and oxygen atoms in total. The molecule has 1 N–H and O–H groups in total. The van der Waals surface area contributed by atoms with E-state index in [0.717, 1.165) is 36.3 Å². The number of unbranched alkanes of at least 4 members (excludes halogenated alkanes) is 1. The number of nitrogens with zero attached hydrogens (tertiary/aromatic N) is 3. The van der Waals surface area contributed by atoms with E-state index in [1.807, 2.05) is 6.92 Å². The number of aliphatic hydroxyl groups is 1. The lowest BCUT2D eigenvalue weighted by atomic mass is 9.95. The standard InChI is InChI=1S/C30H25F2N3O4S2/c1-2-3-15-39-22-9-6-8-19(16-22)25-24(26(36)18-11-13-21(31)14-12-18)27(37)28(38)35(25)29-33-34-30(41-29)40-17-20-7-4-5-10-23(20)32/h4-14,16,25,36H,2-3,15,17H2,1H3/b26-24+. The van der Waals surface area contributed by atoms with Gasteiger partial charge in [0.1, 0.15) is 23.1 Å². The van der Waals surface area contributed by atoms with Crippen LogP contribution in [0.2, 0.25) is 0 Å². The molecule has 41 heavy (non-hydrogen) atoms. The third-order valence-electron chi connectivity index (χ3n) is 6.41. The number of carbonyl (C=O) groups is 2. The van der Waals surface area contributed by atoms with Crippen LogP contribution in [0.4, 0.5) is 13.9 Å². The maximum atomic E-state index is 14.1. The molecule has 0 bridgehead atoms. The number of hydrogen-bond acceptors (Lipinski definition) is 8. The molecule has 1 atom stereocenters. The van der Waals surface area contributed by atoms with E-state index in [2.05, 4.69) is 10.2 Å². The fourth-order valence-corrected chi connectivity index (χ4v) is 6.18. The number of benzene rings is 3. The van der Waals surface area contributed by atoms with Crippen molar-refractivity contribution in [2.45, 2.75) is 35.9 Å². The normalized spacial score (nSPS) is 16.4. The van der Waals surface area contributed by atoms with Gasteiger partial charge in [0, 0.05) is 11.3 Å². The molecule has 0 spiro atoms. The van der Waals surface area contributed by atoms with Gasteiger partial charge in [0.05, 0.1) is 18.2 Å². The van der Waals surface area contributed by atoms with Gasteiger partial charge in [-0.2, -0.15) is 0 Å². The number of ketones is 1. The van der Waals surface area contributed by atoms with E-state index in [9.17, 15) is 23.5 Å². The summed E-state index contributed by atoms with van der Waals surface area (Å²) < 4.78 is 34.0. The number of thioether (sulfide) groups is 1. The lowest BCUT2D eigenvalue weighted by Gasteiger charge is -2.23. The highest BCUT2D eigenvalue weighted by Crippen LogP contribution is 2.44. The number of hydrogen-bond donors (Lipinski definition) is 1. The number of aromatic nitrogens is 2. The first-order chi connectivity index (χ1) is 19.9. The number of Topliss-reactive ketones (excluding diaryl/α,β-unsaturated/α-hetero) is 1. The monoisotopic (exact) mass is 593 g/mol. The predicted molar refractivity (Wildman–Crippen MR) is 154 cm³/mol. The Morgan fingerprint density at radius 1 is 1.05 bits per heavy atom. The molecule has 0 aliphatic carbocycles. The first-order valence-electron chi connectivity index (χ1n) is 12.9. The Hall–Kier alpha value is -4.09. The predicted octanol–water partition coefficient (Wildman–Crippen LogP) is 6.91. The summed E-state index contributed by atoms with van der Waals surface area (Å²) in [6, 6.07) is 17.3. The summed E-state index contributed by atoms with van der Waals surface area (Å²) in [7, 11) is 0. The molecule has 0 saturated carbocycles. The molecule has 1 saturated heterocycles. The topological polar surface area (TPSA) is 92.6 Å². The van der Waals surface area contributed by atoms with E-state index in [1.165, 1.54) is 34.9 Å². The van der Waals surface area contributed by atoms with E-state index in [1.54, 1.807) is 42.5 Å². The molecule has 1 unspecified atom stereocenters. The van der Waals surface area contributed by atoms with Crippen molar-refractivity contribution >= 4 is 45.7 Å². The minimum absolute atomic E-state index is 0.142. The Bertz CT molecular complexity index is 1610. The number of carbonyl (C=O) groups excluding carboxylic acids is 2. The van der Waals surface area contributed by atoms with Gasteiger partial charge in [0.15, 0.2) is 4.34 Å². The quantitative estimate of drug-likeness (QED) is 0.0533. The third-order valence-corrected chi connectivity index (χ3v) is 8.52. The summed E-state index contributed by atoms with van der Waals surface area (Å²) in [6.45, 7) is 2.54. The molecular formula is C30H25F2N3O4S2. The van der Waals surface area contributed by atoms with Crippen LogP contribution in [0.5, 0.6) is 5.75 Å². The molecular weight excluding hydrogens is 568 g/mol. The molecule has 1 aromatic heterocycles. The van der Waals surface area contributed by atoms with E-state index >= 15 is 0 Å². The summed E-state index contributed by atoms with van der Waals surface area (Å²) in [4.78, 5) is 28.0. The number of anilines is 1. The van der Waals surface area contributed by atoms with Gasteiger partial charge in [0.25, 0.3) is 5.78 Å². The maximum absolute atomic E-state index is 14.1. The van der Waals surface area contributed by atoms with Crippen LogP contribution < -0.4 is 9.64 Å². The van der Waals surface area contributed by atoms with Gasteiger partial charge in [-0.25, -0.2) is 8.78 Å². The van der Waals surface area contributed by atoms with Gasteiger partial charge in [0.2, 0.25) is 5.13 Å². The summed E-state index contributed by atoms with van der Waals surface area (Å²) in [5.74, 6) is -2.25. The zero-order chi connectivity index (χ0) is 28.9. The highest BCUT2D eigenvalue weighted by molar-refractivity contribution is 8.00. The second kappa shape index (κ2) is 12.6. The number of aliphatic hydroxyl groups excluding tert-OH is 1. The number of halogens is 2. The highest BCUT2D eigenvalue weighted by atomic mass is 32.2. The summed E-state index contributed by atoms with van der Waals surface area (Å²) in [5.41, 5.74) is 1.03. The first kappa shape index (κ1) is 28.4. The fraction of sp³-hybridized carbons (Fsp3) is 0.200. The van der Waals surface area contributed by atoms with Crippen LogP contribution in [-0.4, -0.2) is 33.6 Å².